The fraction of sp³-hybridized carbons (Fsp3) is 0.167. The highest BCUT2D eigenvalue weighted by atomic mass is 79.9. The van der Waals surface area contributed by atoms with E-state index in [1.165, 1.54) is 12.7 Å². The number of nitrogens with one attached hydrogen (secondary N) is 1. The van der Waals surface area contributed by atoms with Crippen LogP contribution in [0, 0.1) is 0 Å². The smallest absolute Gasteiger partial charge is 0.259 e. The molecule has 0 aliphatic carbocycles. The minimum Gasteiger partial charge on any atom is -0.496 e. The van der Waals surface area contributed by atoms with Gasteiger partial charge in [0, 0.05) is 15.7 Å². The van der Waals surface area contributed by atoms with Crippen LogP contribution in [0.5, 0.6) is 5.75 Å². The number of ether oxygens (including phenoxy) is 1. The lowest BCUT2D eigenvalue weighted by Gasteiger charge is -2.09. The Bertz CT molecular complexity index is 1210. The van der Waals surface area contributed by atoms with Gasteiger partial charge in [-0.05, 0) is 60.0 Å². The molecule has 1 aromatic heterocycles. The molecule has 1 heterocycles. The Kier molecular flexibility index (Phi) is 5.59. The molecule has 1 amide bonds. The Morgan fingerprint density at radius 1 is 1.07 bits per heavy atom. The SMILES string of the molecule is COc1ccc(Br)cc1C(=O)Nc1ccc2oc(-c3ccc(C(C)C)cc3)nc2c1. The van der Waals surface area contributed by atoms with Crippen LogP contribution in [0.4, 0.5) is 5.69 Å². The molecular formula is C24H21BrN2O3. The third-order valence-corrected chi connectivity index (χ3v) is 5.37. The second-order valence-electron chi connectivity index (χ2n) is 7.28. The molecule has 0 saturated carbocycles. The summed E-state index contributed by atoms with van der Waals surface area (Å²) in [7, 11) is 1.54. The Labute approximate surface area is 183 Å². The van der Waals surface area contributed by atoms with Gasteiger partial charge in [-0.2, -0.15) is 0 Å². The third-order valence-electron chi connectivity index (χ3n) is 4.88. The van der Waals surface area contributed by atoms with Gasteiger partial charge >= 0.3 is 0 Å². The van der Waals surface area contributed by atoms with Gasteiger partial charge in [-0.1, -0.05) is 41.9 Å². The summed E-state index contributed by atoms with van der Waals surface area (Å²) >= 11 is 3.39. The molecule has 0 spiro atoms. The number of rotatable bonds is 5. The molecule has 0 atom stereocenters. The number of hydrogen-bond acceptors (Lipinski definition) is 4. The summed E-state index contributed by atoms with van der Waals surface area (Å²) in [6.07, 6.45) is 0. The average molecular weight is 465 g/mol. The number of amides is 1. The van der Waals surface area contributed by atoms with Crippen LogP contribution in [0.1, 0.15) is 35.7 Å². The molecular weight excluding hydrogens is 444 g/mol. The van der Waals surface area contributed by atoms with E-state index in [2.05, 4.69) is 52.2 Å². The minimum absolute atomic E-state index is 0.263. The van der Waals surface area contributed by atoms with Gasteiger partial charge in [0.05, 0.1) is 12.7 Å². The molecule has 0 aliphatic heterocycles. The van der Waals surface area contributed by atoms with Gasteiger partial charge in [-0.25, -0.2) is 4.98 Å². The molecule has 30 heavy (non-hydrogen) atoms. The zero-order chi connectivity index (χ0) is 21.3. The van der Waals surface area contributed by atoms with Crippen LogP contribution < -0.4 is 10.1 Å². The summed E-state index contributed by atoms with van der Waals surface area (Å²) in [6.45, 7) is 4.32. The molecule has 4 aromatic rings. The molecule has 0 radical (unpaired) electrons. The van der Waals surface area contributed by atoms with Crippen molar-refractivity contribution in [2.45, 2.75) is 19.8 Å². The monoisotopic (exact) mass is 464 g/mol. The third kappa shape index (κ3) is 4.09. The van der Waals surface area contributed by atoms with E-state index in [4.69, 9.17) is 9.15 Å². The van der Waals surface area contributed by atoms with E-state index >= 15 is 0 Å². The molecule has 4 rings (SSSR count). The fourth-order valence-corrected chi connectivity index (χ4v) is 3.56. The van der Waals surface area contributed by atoms with Crippen molar-refractivity contribution in [1.82, 2.24) is 4.98 Å². The highest BCUT2D eigenvalue weighted by Crippen LogP contribution is 2.28. The van der Waals surface area contributed by atoms with Crippen molar-refractivity contribution in [3.05, 3.63) is 76.3 Å². The molecule has 6 heteroatoms. The molecule has 3 aromatic carbocycles. The van der Waals surface area contributed by atoms with E-state index in [-0.39, 0.29) is 5.91 Å². The molecule has 5 nitrogen and oxygen atoms in total. The molecule has 152 valence electrons. The Morgan fingerprint density at radius 2 is 1.83 bits per heavy atom. The van der Waals surface area contributed by atoms with Crippen LogP contribution in [0.2, 0.25) is 0 Å². The van der Waals surface area contributed by atoms with Crippen molar-refractivity contribution in [1.29, 1.82) is 0 Å². The Balaban J connectivity index is 1.60. The maximum Gasteiger partial charge on any atom is 0.259 e. The van der Waals surface area contributed by atoms with Crippen molar-refractivity contribution in [3.8, 4) is 17.2 Å². The zero-order valence-electron chi connectivity index (χ0n) is 16.9. The number of fused-ring (bicyclic) bond motifs is 1. The maximum absolute atomic E-state index is 12.7. The lowest BCUT2D eigenvalue weighted by atomic mass is 10.0. The van der Waals surface area contributed by atoms with E-state index in [1.54, 1.807) is 24.3 Å². The average Bonchev–Trinajstić information content (AvgIpc) is 3.17. The van der Waals surface area contributed by atoms with Crippen LogP contribution in [-0.2, 0) is 0 Å². The summed E-state index contributed by atoms with van der Waals surface area (Å²) in [4.78, 5) is 17.3. The summed E-state index contributed by atoms with van der Waals surface area (Å²) in [5.74, 6) is 1.26. The number of hydrogen-bond donors (Lipinski definition) is 1. The van der Waals surface area contributed by atoms with Gasteiger partial charge in [0.1, 0.15) is 11.3 Å². The van der Waals surface area contributed by atoms with Gasteiger partial charge < -0.3 is 14.5 Å². The Hall–Kier alpha value is -3.12. The lowest BCUT2D eigenvalue weighted by molar-refractivity contribution is 0.102. The van der Waals surface area contributed by atoms with E-state index in [9.17, 15) is 4.79 Å². The van der Waals surface area contributed by atoms with Crippen molar-refractivity contribution in [2.24, 2.45) is 0 Å². The first-order valence-corrected chi connectivity index (χ1v) is 10.4. The second-order valence-corrected chi connectivity index (χ2v) is 8.19. The number of oxazole rings is 1. The predicted molar refractivity (Wildman–Crippen MR) is 122 cm³/mol. The number of anilines is 1. The van der Waals surface area contributed by atoms with Gasteiger partial charge in [0.2, 0.25) is 5.89 Å². The number of carbonyl (C=O) groups excluding carboxylic acids is 1. The largest absolute Gasteiger partial charge is 0.496 e. The number of carbonyl (C=O) groups is 1. The van der Waals surface area contributed by atoms with Gasteiger partial charge in [-0.3, -0.25) is 4.79 Å². The Morgan fingerprint density at radius 3 is 2.53 bits per heavy atom. The fourth-order valence-electron chi connectivity index (χ4n) is 3.20. The van der Waals surface area contributed by atoms with E-state index in [0.717, 1.165) is 10.0 Å². The summed E-state index contributed by atoms with van der Waals surface area (Å²) in [6, 6.07) is 18.9. The maximum atomic E-state index is 12.7. The molecule has 0 saturated heterocycles. The van der Waals surface area contributed by atoms with Gasteiger partial charge in [0.15, 0.2) is 5.58 Å². The first-order chi connectivity index (χ1) is 14.4. The van der Waals surface area contributed by atoms with E-state index in [1.807, 2.05) is 24.3 Å². The van der Waals surface area contributed by atoms with Crippen LogP contribution >= 0.6 is 15.9 Å². The van der Waals surface area contributed by atoms with Crippen LogP contribution in [0.3, 0.4) is 0 Å². The molecule has 0 aliphatic rings. The van der Waals surface area contributed by atoms with E-state index in [0.29, 0.717) is 39.9 Å². The number of aromatic nitrogens is 1. The summed E-state index contributed by atoms with van der Waals surface area (Å²) < 4.78 is 12.0. The normalized spacial score (nSPS) is 11.1. The van der Waals surface area contributed by atoms with Crippen LogP contribution in [-0.4, -0.2) is 18.0 Å². The van der Waals surface area contributed by atoms with Gasteiger partial charge in [-0.15, -0.1) is 0 Å². The topological polar surface area (TPSA) is 64.4 Å². The van der Waals surface area contributed by atoms with Crippen molar-refractivity contribution in [3.63, 3.8) is 0 Å². The summed E-state index contributed by atoms with van der Waals surface area (Å²) in [5, 5.41) is 2.90. The standard InChI is InChI=1S/C24H21BrN2O3/c1-14(2)15-4-6-16(7-5-15)24-27-20-13-18(9-11-22(20)30-24)26-23(28)19-12-17(25)8-10-21(19)29-3/h4-14H,1-3H3,(H,26,28). The van der Waals surface area contributed by atoms with Gasteiger partial charge in [0.25, 0.3) is 5.91 Å². The first-order valence-electron chi connectivity index (χ1n) is 9.60. The molecule has 1 N–H and O–H groups in total. The first kappa shape index (κ1) is 20.2. The zero-order valence-corrected chi connectivity index (χ0v) is 18.5. The number of halogens is 1. The van der Waals surface area contributed by atoms with Crippen LogP contribution in [0.25, 0.3) is 22.6 Å². The minimum atomic E-state index is -0.263. The number of benzene rings is 3. The lowest BCUT2D eigenvalue weighted by Crippen LogP contribution is -2.13. The second kappa shape index (κ2) is 8.32. The number of nitrogens with zero attached hydrogens (tertiary/aromatic N) is 1. The quantitative estimate of drug-likeness (QED) is 0.359. The van der Waals surface area contributed by atoms with Crippen molar-refractivity contribution in [2.75, 3.05) is 12.4 Å². The van der Waals surface area contributed by atoms with E-state index < -0.39 is 0 Å². The predicted octanol–water partition coefficient (Wildman–Crippen LogP) is 6.64. The van der Waals surface area contributed by atoms with Crippen molar-refractivity contribution >= 4 is 38.6 Å². The molecule has 0 fully saturated rings. The number of methoxy groups -OCH3 is 1. The highest BCUT2D eigenvalue weighted by molar-refractivity contribution is 9.10. The van der Waals surface area contributed by atoms with Crippen molar-refractivity contribution < 1.29 is 13.9 Å². The highest BCUT2D eigenvalue weighted by Gasteiger charge is 2.15. The molecule has 0 bridgehead atoms. The molecule has 0 unspecified atom stereocenters. The van der Waals surface area contributed by atoms with Crippen LogP contribution in [0.15, 0.2) is 69.6 Å². The summed E-state index contributed by atoms with van der Waals surface area (Å²) in [5.41, 5.74) is 4.60.